The number of urea groups is 1. The van der Waals surface area contributed by atoms with Crippen LogP contribution in [0.3, 0.4) is 0 Å². The zero-order chi connectivity index (χ0) is 21.0. The first kappa shape index (κ1) is 19.9. The molecule has 0 aliphatic carbocycles. The summed E-state index contributed by atoms with van der Waals surface area (Å²) in [7, 11) is 0. The number of furan rings is 1. The van der Waals surface area contributed by atoms with E-state index in [1.165, 1.54) is 12.3 Å². The molecule has 0 radical (unpaired) electrons. The molecule has 0 atom stereocenters. The molecule has 1 heterocycles. The van der Waals surface area contributed by atoms with Crippen molar-refractivity contribution in [2.24, 2.45) is 5.10 Å². The SMILES string of the molecule is Cc1cc(C(=O)O)ccc1-c1ccc(/C=N/NC(=O)Nc2cccc(C)c2C)o1. The monoisotopic (exact) mass is 391 g/mol. The molecular formula is C22H21N3O4. The number of anilines is 1. The molecule has 0 aliphatic rings. The Hall–Kier alpha value is -3.87. The fourth-order valence-corrected chi connectivity index (χ4v) is 2.83. The van der Waals surface area contributed by atoms with Crippen LogP contribution in [0.4, 0.5) is 10.5 Å². The molecule has 3 N–H and O–H groups in total. The van der Waals surface area contributed by atoms with Gasteiger partial charge in [-0.2, -0.15) is 5.10 Å². The van der Waals surface area contributed by atoms with Gasteiger partial charge in [0.15, 0.2) is 0 Å². The normalized spacial score (nSPS) is 10.9. The van der Waals surface area contributed by atoms with Gasteiger partial charge in [-0.25, -0.2) is 15.0 Å². The van der Waals surface area contributed by atoms with Crippen molar-refractivity contribution in [1.82, 2.24) is 5.43 Å². The van der Waals surface area contributed by atoms with Gasteiger partial charge in [0.25, 0.3) is 0 Å². The molecule has 3 aromatic rings. The first-order valence-electron chi connectivity index (χ1n) is 8.95. The number of carboxylic acid groups (broad SMARTS) is 1. The number of carboxylic acids is 1. The molecule has 148 valence electrons. The second-order valence-electron chi connectivity index (χ2n) is 6.61. The van der Waals surface area contributed by atoms with Crippen LogP contribution in [-0.2, 0) is 0 Å². The zero-order valence-corrected chi connectivity index (χ0v) is 16.3. The summed E-state index contributed by atoms with van der Waals surface area (Å²) in [5, 5.41) is 15.7. The van der Waals surface area contributed by atoms with Crippen molar-refractivity contribution in [3.05, 3.63) is 76.5 Å². The maximum atomic E-state index is 12.0. The van der Waals surface area contributed by atoms with Crippen LogP contribution >= 0.6 is 0 Å². The molecule has 0 fully saturated rings. The van der Waals surface area contributed by atoms with Gasteiger partial charge in [0.1, 0.15) is 11.5 Å². The summed E-state index contributed by atoms with van der Waals surface area (Å²) in [5.74, 6) is 0.0617. The lowest BCUT2D eigenvalue weighted by Gasteiger charge is -2.09. The summed E-state index contributed by atoms with van der Waals surface area (Å²) in [6.45, 7) is 5.72. The number of nitrogens with zero attached hydrogens (tertiary/aromatic N) is 1. The van der Waals surface area contributed by atoms with E-state index in [4.69, 9.17) is 9.52 Å². The molecule has 1 aromatic heterocycles. The average Bonchev–Trinajstić information content (AvgIpc) is 3.14. The number of amides is 2. The minimum atomic E-state index is -0.975. The molecule has 0 aliphatic heterocycles. The largest absolute Gasteiger partial charge is 0.478 e. The van der Waals surface area contributed by atoms with Gasteiger partial charge >= 0.3 is 12.0 Å². The Kier molecular flexibility index (Phi) is 5.78. The molecule has 29 heavy (non-hydrogen) atoms. The Morgan fingerprint density at radius 2 is 1.83 bits per heavy atom. The van der Waals surface area contributed by atoms with Gasteiger partial charge in [-0.05, 0) is 67.8 Å². The number of aromatic carboxylic acids is 1. The molecule has 3 rings (SSSR count). The Morgan fingerprint density at radius 3 is 2.55 bits per heavy atom. The van der Waals surface area contributed by atoms with E-state index in [1.807, 2.05) is 39.0 Å². The predicted octanol–water partition coefficient (Wildman–Crippen LogP) is 4.73. The highest BCUT2D eigenvalue weighted by atomic mass is 16.4. The standard InChI is InChI=1S/C22H21N3O4/c1-13-5-4-6-19(15(13)3)24-22(28)25-23-12-17-8-10-20(29-17)18-9-7-16(21(26)27)11-14(18)2/h4-12H,1-3H3,(H,26,27)(H2,24,25,28)/b23-12+. The van der Waals surface area contributed by atoms with E-state index in [0.29, 0.717) is 11.5 Å². The number of hydrogen-bond acceptors (Lipinski definition) is 4. The van der Waals surface area contributed by atoms with Gasteiger partial charge in [0, 0.05) is 11.3 Å². The first-order chi connectivity index (χ1) is 13.8. The highest BCUT2D eigenvalue weighted by molar-refractivity contribution is 5.91. The van der Waals surface area contributed by atoms with Crippen LogP contribution < -0.4 is 10.7 Å². The van der Waals surface area contributed by atoms with E-state index in [0.717, 1.165) is 27.9 Å². The van der Waals surface area contributed by atoms with E-state index < -0.39 is 12.0 Å². The van der Waals surface area contributed by atoms with E-state index in [2.05, 4.69) is 15.8 Å². The highest BCUT2D eigenvalue weighted by Gasteiger charge is 2.10. The number of rotatable bonds is 5. The number of carbonyl (C=O) groups excluding carboxylic acids is 1. The van der Waals surface area contributed by atoms with Crippen LogP contribution in [0.1, 0.15) is 32.8 Å². The second kappa shape index (κ2) is 8.43. The fourth-order valence-electron chi connectivity index (χ4n) is 2.83. The molecule has 0 unspecified atom stereocenters. The minimum Gasteiger partial charge on any atom is -0.478 e. The number of nitrogens with one attached hydrogen (secondary N) is 2. The third-order valence-corrected chi connectivity index (χ3v) is 4.58. The van der Waals surface area contributed by atoms with Gasteiger partial charge in [0.2, 0.25) is 0 Å². The number of benzene rings is 2. The van der Waals surface area contributed by atoms with Gasteiger partial charge in [-0.1, -0.05) is 18.2 Å². The minimum absolute atomic E-state index is 0.221. The summed E-state index contributed by atoms with van der Waals surface area (Å²) in [6, 6.07) is 13.5. The number of hydrazone groups is 1. The van der Waals surface area contributed by atoms with Gasteiger partial charge in [-0.3, -0.25) is 0 Å². The highest BCUT2D eigenvalue weighted by Crippen LogP contribution is 2.26. The third kappa shape index (κ3) is 4.70. The molecule has 0 saturated carbocycles. The van der Waals surface area contributed by atoms with Crippen molar-refractivity contribution in [3.8, 4) is 11.3 Å². The fraction of sp³-hybridized carbons (Fsp3) is 0.136. The molecule has 7 heteroatoms. The molecule has 0 spiro atoms. The molecular weight excluding hydrogens is 370 g/mol. The van der Waals surface area contributed by atoms with Gasteiger partial charge in [0.05, 0.1) is 11.8 Å². The van der Waals surface area contributed by atoms with Crippen molar-refractivity contribution >= 4 is 23.9 Å². The molecule has 7 nitrogen and oxygen atoms in total. The topological polar surface area (TPSA) is 104 Å². The van der Waals surface area contributed by atoms with Crippen LogP contribution in [0.25, 0.3) is 11.3 Å². The summed E-state index contributed by atoms with van der Waals surface area (Å²) in [6.07, 6.45) is 1.40. The number of carbonyl (C=O) groups is 2. The molecule has 0 saturated heterocycles. The van der Waals surface area contributed by atoms with Crippen molar-refractivity contribution < 1.29 is 19.1 Å². The lowest BCUT2D eigenvalue weighted by atomic mass is 10.0. The maximum Gasteiger partial charge on any atom is 0.339 e. The van der Waals surface area contributed by atoms with Gasteiger partial charge in [-0.15, -0.1) is 0 Å². The van der Waals surface area contributed by atoms with Crippen molar-refractivity contribution in [1.29, 1.82) is 0 Å². The number of aryl methyl sites for hydroxylation is 2. The van der Waals surface area contributed by atoms with Gasteiger partial charge < -0.3 is 14.8 Å². The van der Waals surface area contributed by atoms with Crippen LogP contribution in [-0.4, -0.2) is 23.3 Å². The quantitative estimate of drug-likeness (QED) is 0.432. The lowest BCUT2D eigenvalue weighted by Crippen LogP contribution is -2.24. The number of hydrogen-bond donors (Lipinski definition) is 3. The second-order valence-corrected chi connectivity index (χ2v) is 6.61. The maximum absolute atomic E-state index is 12.0. The third-order valence-electron chi connectivity index (χ3n) is 4.58. The van der Waals surface area contributed by atoms with Crippen LogP contribution in [0.15, 0.2) is 58.0 Å². The summed E-state index contributed by atoms with van der Waals surface area (Å²) in [5.41, 5.74) is 6.99. The smallest absolute Gasteiger partial charge is 0.339 e. The summed E-state index contributed by atoms with van der Waals surface area (Å²) in [4.78, 5) is 23.1. The Morgan fingerprint density at radius 1 is 1.03 bits per heavy atom. The van der Waals surface area contributed by atoms with E-state index in [-0.39, 0.29) is 5.56 Å². The van der Waals surface area contributed by atoms with E-state index in [1.54, 1.807) is 24.3 Å². The van der Waals surface area contributed by atoms with Crippen LogP contribution in [0.5, 0.6) is 0 Å². The van der Waals surface area contributed by atoms with Crippen molar-refractivity contribution in [3.63, 3.8) is 0 Å². The zero-order valence-electron chi connectivity index (χ0n) is 16.3. The molecule has 2 amide bonds. The van der Waals surface area contributed by atoms with E-state index in [9.17, 15) is 9.59 Å². The molecule has 2 aromatic carbocycles. The summed E-state index contributed by atoms with van der Waals surface area (Å²) >= 11 is 0. The molecule has 0 bridgehead atoms. The van der Waals surface area contributed by atoms with Crippen molar-refractivity contribution in [2.45, 2.75) is 20.8 Å². The van der Waals surface area contributed by atoms with Crippen LogP contribution in [0, 0.1) is 20.8 Å². The van der Waals surface area contributed by atoms with Crippen molar-refractivity contribution in [2.75, 3.05) is 5.32 Å². The van der Waals surface area contributed by atoms with Crippen LogP contribution in [0.2, 0.25) is 0 Å². The lowest BCUT2D eigenvalue weighted by molar-refractivity contribution is 0.0696. The predicted molar refractivity (Wildman–Crippen MR) is 112 cm³/mol. The van der Waals surface area contributed by atoms with E-state index >= 15 is 0 Å². The summed E-state index contributed by atoms with van der Waals surface area (Å²) < 4.78 is 5.72. The average molecular weight is 391 g/mol. The Bertz CT molecular complexity index is 1100. The Balaban J connectivity index is 1.64. The first-order valence-corrected chi connectivity index (χ1v) is 8.95. The Labute approximate surface area is 168 Å².